The highest BCUT2D eigenvalue weighted by molar-refractivity contribution is 5.86. The van der Waals surface area contributed by atoms with Crippen molar-refractivity contribution in [3.63, 3.8) is 0 Å². The van der Waals surface area contributed by atoms with Crippen molar-refractivity contribution < 1.29 is 14.7 Å². The number of rotatable bonds is 10. The van der Waals surface area contributed by atoms with Crippen LogP contribution >= 0.6 is 0 Å². The Balaban J connectivity index is 1.83. The Labute approximate surface area is 197 Å². The van der Waals surface area contributed by atoms with E-state index in [1.165, 1.54) is 38.5 Å². The Bertz CT molecular complexity index is 669. The van der Waals surface area contributed by atoms with Gasteiger partial charge in [-0.15, -0.1) is 0 Å². The maximum Gasteiger partial charge on any atom is 0.303 e. The summed E-state index contributed by atoms with van der Waals surface area (Å²) < 4.78 is 0. The van der Waals surface area contributed by atoms with Crippen molar-refractivity contribution in [1.29, 1.82) is 0 Å². The third-order valence-electron chi connectivity index (χ3n) is 10.5. The van der Waals surface area contributed by atoms with Gasteiger partial charge >= 0.3 is 5.97 Å². The highest BCUT2D eigenvalue weighted by Gasteiger charge is 2.62. The third kappa shape index (κ3) is 4.83. The molecule has 0 aromatic heterocycles. The van der Waals surface area contributed by atoms with Gasteiger partial charge in [0, 0.05) is 18.3 Å². The first-order valence-corrected chi connectivity index (χ1v) is 13.8. The standard InChI is InChI=1S/C29H50O3/c1-7-9-21-18-25(30)29(6,17-15-26(31)32)24-14-16-28(5)22(12-13-23(28)27(21)24)20(4)11-8-10-19(2)3/h19-24,27H,7-18H2,1-6H3,(H,31,32)/t20?,21-,22?,23?,24?,27?,28+,29+/m0/s1. The molecule has 0 saturated heterocycles. The Morgan fingerprint density at radius 2 is 1.81 bits per heavy atom. The van der Waals surface area contributed by atoms with E-state index in [1.54, 1.807) is 0 Å². The summed E-state index contributed by atoms with van der Waals surface area (Å²) in [5.41, 5.74) is -0.0336. The van der Waals surface area contributed by atoms with Crippen molar-refractivity contribution in [1.82, 2.24) is 0 Å². The fourth-order valence-electron chi connectivity index (χ4n) is 8.79. The quantitative estimate of drug-likeness (QED) is 0.373. The summed E-state index contributed by atoms with van der Waals surface area (Å²) in [7, 11) is 0. The number of carbonyl (C=O) groups is 2. The molecule has 0 amide bonds. The minimum atomic E-state index is -0.761. The fourth-order valence-corrected chi connectivity index (χ4v) is 8.79. The Kier molecular flexibility index (Phi) is 8.19. The molecule has 1 N–H and O–H groups in total. The maximum absolute atomic E-state index is 13.4. The third-order valence-corrected chi connectivity index (χ3v) is 10.5. The van der Waals surface area contributed by atoms with Crippen LogP contribution in [-0.2, 0) is 9.59 Å². The molecule has 0 aromatic carbocycles. The number of aliphatic carboxylic acids is 1. The van der Waals surface area contributed by atoms with Gasteiger partial charge in [0.15, 0.2) is 0 Å². The Morgan fingerprint density at radius 1 is 1.09 bits per heavy atom. The van der Waals surface area contributed by atoms with E-state index in [4.69, 9.17) is 0 Å². The van der Waals surface area contributed by atoms with E-state index >= 15 is 0 Å². The van der Waals surface area contributed by atoms with Gasteiger partial charge in [-0.1, -0.05) is 67.2 Å². The monoisotopic (exact) mass is 446 g/mol. The summed E-state index contributed by atoms with van der Waals surface area (Å²) in [5.74, 6) is 4.21. The highest BCUT2D eigenvalue weighted by atomic mass is 16.4. The molecule has 0 spiro atoms. The summed E-state index contributed by atoms with van der Waals surface area (Å²) in [6.07, 6.45) is 12.7. The molecule has 3 fully saturated rings. The van der Waals surface area contributed by atoms with Gasteiger partial charge in [-0.25, -0.2) is 0 Å². The molecule has 3 saturated carbocycles. The second-order valence-corrected chi connectivity index (χ2v) is 12.8. The van der Waals surface area contributed by atoms with Gasteiger partial charge in [-0.05, 0) is 85.4 Å². The molecule has 8 atom stereocenters. The molecule has 0 heterocycles. The zero-order valence-electron chi connectivity index (χ0n) is 21.8. The molecule has 0 bridgehead atoms. The van der Waals surface area contributed by atoms with Crippen molar-refractivity contribution >= 4 is 11.8 Å². The number of carboxylic acid groups (broad SMARTS) is 1. The second-order valence-electron chi connectivity index (χ2n) is 12.8. The average Bonchev–Trinajstić information content (AvgIpc) is 3.07. The topological polar surface area (TPSA) is 54.4 Å². The number of Topliss-reactive ketones (excluding diaryl/α,β-unsaturated/α-hetero) is 1. The minimum Gasteiger partial charge on any atom is -0.481 e. The van der Waals surface area contributed by atoms with E-state index in [9.17, 15) is 14.7 Å². The number of carboxylic acids is 1. The zero-order valence-corrected chi connectivity index (χ0v) is 21.8. The lowest BCUT2D eigenvalue weighted by Crippen LogP contribution is -2.55. The number of carbonyl (C=O) groups excluding carboxylic acids is 1. The van der Waals surface area contributed by atoms with Gasteiger partial charge < -0.3 is 5.11 Å². The van der Waals surface area contributed by atoms with Gasteiger partial charge in [-0.2, -0.15) is 0 Å². The van der Waals surface area contributed by atoms with E-state index in [1.807, 2.05) is 0 Å². The van der Waals surface area contributed by atoms with Gasteiger partial charge in [0.05, 0.1) is 0 Å². The van der Waals surface area contributed by atoms with Crippen molar-refractivity contribution in [3.05, 3.63) is 0 Å². The molecule has 0 aromatic rings. The molecule has 5 unspecified atom stereocenters. The summed E-state index contributed by atoms with van der Waals surface area (Å²) in [6.45, 7) is 14.2. The zero-order chi connectivity index (χ0) is 23.7. The predicted octanol–water partition coefficient (Wildman–Crippen LogP) is 7.77. The number of fused-ring (bicyclic) bond motifs is 3. The largest absolute Gasteiger partial charge is 0.481 e. The summed E-state index contributed by atoms with van der Waals surface area (Å²) in [4.78, 5) is 24.8. The molecule has 3 aliphatic rings. The second kappa shape index (κ2) is 10.2. The molecule has 3 nitrogen and oxygen atoms in total. The van der Waals surface area contributed by atoms with Crippen LogP contribution in [0.4, 0.5) is 0 Å². The van der Waals surface area contributed by atoms with Gasteiger partial charge in [0.1, 0.15) is 5.78 Å². The van der Waals surface area contributed by atoms with Crippen LogP contribution in [0.3, 0.4) is 0 Å². The lowest BCUT2D eigenvalue weighted by molar-refractivity contribution is -0.155. The molecular weight excluding hydrogens is 396 g/mol. The predicted molar refractivity (Wildman–Crippen MR) is 131 cm³/mol. The Morgan fingerprint density at radius 3 is 2.44 bits per heavy atom. The number of ketones is 1. The molecule has 184 valence electrons. The van der Waals surface area contributed by atoms with Crippen molar-refractivity contribution in [3.8, 4) is 0 Å². The van der Waals surface area contributed by atoms with Crippen LogP contribution in [0.2, 0.25) is 0 Å². The van der Waals surface area contributed by atoms with E-state index in [0.29, 0.717) is 47.7 Å². The van der Waals surface area contributed by atoms with Gasteiger partial charge in [0.25, 0.3) is 0 Å². The maximum atomic E-state index is 13.4. The minimum absolute atomic E-state index is 0.126. The molecule has 3 heteroatoms. The van der Waals surface area contributed by atoms with Crippen molar-refractivity contribution in [2.45, 2.75) is 119 Å². The van der Waals surface area contributed by atoms with Crippen molar-refractivity contribution in [2.24, 2.45) is 52.3 Å². The highest BCUT2D eigenvalue weighted by Crippen LogP contribution is 2.67. The first-order chi connectivity index (χ1) is 15.0. The van der Waals surface area contributed by atoms with Crippen LogP contribution in [0, 0.1) is 52.3 Å². The van der Waals surface area contributed by atoms with E-state index in [0.717, 1.165) is 37.0 Å². The van der Waals surface area contributed by atoms with E-state index in [2.05, 4.69) is 41.5 Å². The summed E-state index contributed by atoms with van der Waals surface area (Å²) >= 11 is 0. The lowest BCUT2D eigenvalue weighted by atomic mass is 9.45. The number of hydrogen-bond donors (Lipinski definition) is 1. The van der Waals surface area contributed by atoms with Gasteiger partial charge in [-0.3, -0.25) is 9.59 Å². The van der Waals surface area contributed by atoms with Crippen LogP contribution < -0.4 is 0 Å². The fraction of sp³-hybridized carbons (Fsp3) is 0.931. The molecule has 3 rings (SSSR count). The molecule has 3 aliphatic carbocycles. The number of hydrogen-bond acceptors (Lipinski definition) is 2. The van der Waals surface area contributed by atoms with Crippen LogP contribution in [0.25, 0.3) is 0 Å². The van der Waals surface area contributed by atoms with Crippen LogP contribution in [-0.4, -0.2) is 16.9 Å². The Hall–Kier alpha value is -0.860. The van der Waals surface area contributed by atoms with Crippen LogP contribution in [0.5, 0.6) is 0 Å². The normalized spacial score (nSPS) is 40.2. The molecule has 0 radical (unpaired) electrons. The smallest absolute Gasteiger partial charge is 0.303 e. The molecule has 0 aliphatic heterocycles. The first kappa shape index (κ1) is 25.8. The molecule has 32 heavy (non-hydrogen) atoms. The summed E-state index contributed by atoms with van der Waals surface area (Å²) in [5, 5.41) is 9.36. The SMILES string of the molecule is CCC[C@H]1CC(=O)[C@](C)(CCC(=O)O)C2CC[C@]3(C)C(C(C)CCCC(C)C)CCC3C21. The average molecular weight is 447 g/mol. The van der Waals surface area contributed by atoms with Crippen molar-refractivity contribution in [2.75, 3.05) is 0 Å². The molecular formula is C29H50O3. The summed E-state index contributed by atoms with van der Waals surface area (Å²) in [6, 6.07) is 0. The lowest BCUT2D eigenvalue weighted by Gasteiger charge is -2.59. The first-order valence-electron chi connectivity index (χ1n) is 13.8. The van der Waals surface area contributed by atoms with Crippen LogP contribution in [0.15, 0.2) is 0 Å². The van der Waals surface area contributed by atoms with Gasteiger partial charge in [0.2, 0.25) is 0 Å². The van der Waals surface area contributed by atoms with Crippen LogP contribution in [0.1, 0.15) is 119 Å². The van der Waals surface area contributed by atoms with E-state index in [-0.39, 0.29) is 6.42 Å². The van der Waals surface area contributed by atoms with E-state index < -0.39 is 11.4 Å².